The van der Waals surface area contributed by atoms with E-state index in [2.05, 4.69) is 22.6 Å². The van der Waals surface area contributed by atoms with Crippen molar-refractivity contribution in [3.05, 3.63) is 27.8 Å². The van der Waals surface area contributed by atoms with Crippen LogP contribution in [0.2, 0.25) is 0 Å². The Kier molecular flexibility index (Phi) is 3.47. The molecule has 19 heavy (non-hydrogen) atoms. The summed E-state index contributed by atoms with van der Waals surface area (Å²) in [5.74, 6) is 0.142. The van der Waals surface area contributed by atoms with Crippen LogP contribution in [0.3, 0.4) is 0 Å². The van der Waals surface area contributed by atoms with Crippen LogP contribution in [0.4, 0.5) is 5.69 Å². The molecule has 2 amide bonds. The number of carbonyl (C=O) groups excluding carboxylic acids is 2. The molecule has 0 N–H and O–H groups in total. The SMILES string of the molecule is O=C1C2CCCCN2C(=O)CN1c1ccc(I)cc1. The van der Waals surface area contributed by atoms with Gasteiger partial charge in [0.05, 0.1) is 0 Å². The zero-order valence-corrected chi connectivity index (χ0v) is 12.7. The lowest BCUT2D eigenvalue weighted by atomic mass is 9.98. The number of amides is 2. The summed E-state index contributed by atoms with van der Waals surface area (Å²) in [6.07, 6.45) is 2.84. The summed E-state index contributed by atoms with van der Waals surface area (Å²) in [5, 5.41) is 0. The van der Waals surface area contributed by atoms with E-state index in [1.165, 1.54) is 0 Å². The van der Waals surface area contributed by atoms with Gasteiger partial charge in [0.15, 0.2) is 0 Å². The van der Waals surface area contributed by atoms with Gasteiger partial charge in [0.2, 0.25) is 11.8 Å². The van der Waals surface area contributed by atoms with Crippen molar-refractivity contribution in [2.75, 3.05) is 18.0 Å². The molecule has 0 bridgehead atoms. The first-order valence-corrected chi connectivity index (χ1v) is 7.61. The van der Waals surface area contributed by atoms with Crippen molar-refractivity contribution in [2.45, 2.75) is 25.3 Å². The maximum atomic E-state index is 12.5. The maximum absolute atomic E-state index is 12.5. The summed E-state index contributed by atoms with van der Waals surface area (Å²) in [5.41, 5.74) is 0.823. The number of hydrogen-bond acceptors (Lipinski definition) is 2. The Morgan fingerprint density at radius 2 is 1.84 bits per heavy atom. The molecule has 2 heterocycles. The topological polar surface area (TPSA) is 40.6 Å². The number of nitrogens with zero attached hydrogens (tertiary/aromatic N) is 2. The van der Waals surface area contributed by atoms with Gasteiger partial charge in [-0.25, -0.2) is 0 Å². The van der Waals surface area contributed by atoms with E-state index >= 15 is 0 Å². The lowest BCUT2D eigenvalue weighted by Crippen LogP contribution is -2.61. The zero-order valence-electron chi connectivity index (χ0n) is 10.5. The normalized spacial score (nSPS) is 23.5. The Hall–Kier alpha value is -1.11. The van der Waals surface area contributed by atoms with E-state index in [0.29, 0.717) is 0 Å². The molecule has 1 atom stereocenters. The van der Waals surface area contributed by atoms with Crippen LogP contribution in [0.15, 0.2) is 24.3 Å². The van der Waals surface area contributed by atoms with E-state index in [0.717, 1.165) is 35.1 Å². The third-order valence-electron chi connectivity index (χ3n) is 3.81. The van der Waals surface area contributed by atoms with Crippen molar-refractivity contribution >= 4 is 40.1 Å². The monoisotopic (exact) mass is 370 g/mol. The summed E-state index contributed by atoms with van der Waals surface area (Å²) in [4.78, 5) is 28.1. The molecule has 4 nitrogen and oxygen atoms in total. The van der Waals surface area contributed by atoms with Crippen LogP contribution in [-0.2, 0) is 9.59 Å². The second-order valence-corrected chi connectivity index (χ2v) is 6.25. The number of benzene rings is 1. The molecule has 100 valence electrons. The molecule has 0 spiro atoms. The van der Waals surface area contributed by atoms with Crippen LogP contribution < -0.4 is 4.90 Å². The van der Waals surface area contributed by atoms with E-state index in [-0.39, 0.29) is 24.4 Å². The Bertz CT molecular complexity index is 515. The van der Waals surface area contributed by atoms with Gasteiger partial charge in [-0.1, -0.05) is 0 Å². The van der Waals surface area contributed by atoms with Gasteiger partial charge in [-0.15, -0.1) is 0 Å². The Balaban J connectivity index is 1.89. The molecule has 5 heteroatoms. The number of rotatable bonds is 1. The lowest BCUT2D eigenvalue weighted by molar-refractivity contribution is -0.144. The average Bonchev–Trinajstić information content (AvgIpc) is 2.44. The molecule has 3 rings (SSSR count). The van der Waals surface area contributed by atoms with Gasteiger partial charge in [0, 0.05) is 15.8 Å². The largest absolute Gasteiger partial charge is 0.329 e. The number of piperidine rings is 1. The highest BCUT2D eigenvalue weighted by Crippen LogP contribution is 2.27. The Labute approximate surface area is 125 Å². The summed E-state index contributed by atoms with van der Waals surface area (Å²) >= 11 is 2.23. The smallest absolute Gasteiger partial charge is 0.250 e. The Morgan fingerprint density at radius 1 is 1.11 bits per heavy atom. The molecule has 2 fully saturated rings. The summed E-state index contributed by atoms with van der Waals surface area (Å²) in [6.45, 7) is 0.908. The molecule has 0 radical (unpaired) electrons. The molecule has 1 unspecified atom stereocenters. The van der Waals surface area contributed by atoms with E-state index in [9.17, 15) is 9.59 Å². The molecular weight excluding hydrogens is 355 g/mol. The Morgan fingerprint density at radius 3 is 2.58 bits per heavy atom. The van der Waals surface area contributed by atoms with Crippen molar-refractivity contribution in [3.63, 3.8) is 0 Å². The predicted octanol–water partition coefficient (Wildman–Crippen LogP) is 2.02. The fourth-order valence-corrected chi connectivity index (χ4v) is 3.17. The number of carbonyl (C=O) groups is 2. The molecule has 2 aliphatic rings. The van der Waals surface area contributed by atoms with Crippen molar-refractivity contribution in [3.8, 4) is 0 Å². The second kappa shape index (κ2) is 5.11. The van der Waals surface area contributed by atoms with Crippen molar-refractivity contribution in [1.82, 2.24) is 4.90 Å². The molecule has 2 aliphatic heterocycles. The second-order valence-electron chi connectivity index (χ2n) is 5.00. The minimum atomic E-state index is -0.241. The van der Waals surface area contributed by atoms with Gasteiger partial charge in [0.1, 0.15) is 12.6 Å². The zero-order chi connectivity index (χ0) is 13.4. The average molecular weight is 370 g/mol. The highest BCUT2D eigenvalue weighted by molar-refractivity contribution is 14.1. The van der Waals surface area contributed by atoms with Crippen LogP contribution in [-0.4, -0.2) is 35.8 Å². The number of fused-ring (bicyclic) bond motifs is 1. The summed E-state index contributed by atoms with van der Waals surface area (Å²) < 4.78 is 1.12. The molecular formula is C14H15IN2O2. The minimum Gasteiger partial charge on any atom is -0.329 e. The number of halogens is 1. The van der Waals surface area contributed by atoms with Gasteiger partial charge in [-0.3, -0.25) is 9.59 Å². The molecule has 1 aromatic rings. The quantitative estimate of drug-likeness (QED) is 0.710. The van der Waals surface area contributed by atoms with Crippen LogP contribution in [0.1, 0.15) is 19.3 Å². The third-order valence-corrected chi connectivity index (χ3v) is 4.53. The van der Waals surface area contributed by atoms with E-state index in [1.54, 1.807) is 9.80 Å². The first-order chi connectivity index (χ1) is 9.16. The molecule has 1 aromatic carbocycles. The number of anilines is 1. The van der Waals surface area contributed by atoms with Crippen molar-refractivity contribution < 1.29 is 9.59 Å². The van der Waals surface area contributed by atoms with Crippen molar-refractivity contribution in [1.29, 1.82) is 0 Å². The highest BCUT2D eigenvalue weighted by Gasteiger charge is 2.40. The molecule has 0 aliphatic carbocycles. The molecule has 0 saturated carbocycles. The molecule has 0 aromatic heterocycles. The predicted molar refractivity (Wildman–Crippen MR) is 80.9 cm³/mol. The van der Waals surface area contributed by atoms with Gasteiger partial charge < -0.3 is 9.80 Å². The van der Waals surface area contributed by atoms with Gasteiger partial charge in [-0.05, 0) is 66.1 Å². The summed E-state index contributed by atoms with van der Waals surface area (Å²) in [7, 11) is 0. The molecule has 2 saturated heterocycles. The standard InChI is InChI=1S/C14H15IN2O2/c15-10-4-6-11(7-5-10)17-9-13(18)16-8-2-1-3-12(16)14(17)19/h4-7,12H,1-3,8-9H2. The summed E-state index contributed by atoms with van der Waals surface area (Å²) in [6, 6.07) is 7.49. The lowest BCUT2D eigenvalue weighted by Gasteiger charge is -2.42. The van der Waals surface area contributed by atoms with E-state index in [4.69, 9.17) is 0 Å². The number of hydrogen-bond donors (Lipinski definition) is 0. The third kappa shape index (κ3) is 2.35. The van der Waals surface area contributed by atoms with E-state index in [1.807, 2.05) is 24.3 Å². The van der Waals surface area contributed by atoms with E-state index < -0.39 is 0 Å². The van der Waals surface area contributed by atoms with Crippen LogP contribution in [0.5, 0.6) is 0 Å². The first kappa shape index (κ1) is 12.9. The van der Waals surface area contributed by atoms with Gasteiger partial charge in [0.25, 0.3) is 0 Å². The van der Waals surface area contributed by atoms with Gasteiger partial charge >= 0.3 is 0 Å². The highest BCUT2D eigenvalue weighted by atomic mass is 127. The maximum Gasteiger partial charge on any atom is 0.250 e. The van der Waals surface area contributed by atoms with Crippen LogP contribution in [0, 0.1) is 3.57 Å². The van der Waals surface area contributed by atoms with Crippen LogP contribution >= 0.6 is 22.6 Å². The first-order valence-electron chi connectivity index (χ1n) is 6.53. The van der Waals surface area contributed by atoms with Gasteiger partial charge in [-0.2, -0.15) is 0 Å². The van der Waals surface area contributed by atoms with Crippen LogP contribution in [0.25, 0.3) is 0 Å². The fourth-order valence-electron chi connectivity index (χ4n) is 2.81. The van der Waals surface area contributed by atoms with Crippen molar-refractivity contribution in [2.24, 2.45) is 0 Å². The minimum absolute atomic E-state index is 0.0699. The number of piperazine rings is 1. The fraction of sp³-hybridized carbons (Fsp3) is 0.429.